The molecule has 3 atom stereocenters. The number of nitrogens with one attached hydrogen (secondary N) is 1. The van der Waals surface area contributed by atoms with Gasteiger partial charge in [-0.15, -0.1) is 0 Å². The molecule has 2 fully saturated rings. The Morgan fingerprint density at radius 3 is 2.47 bits per heavy atom. The zero-order chi connectivity index (χ0) is 22.6. The van der Waals surface area contributed by atoms with Crippen molar-refractivity contribution in [2.24, 2.45) is 0 Å². The zero-order valence-electron chi connectivity index (χ0n) is 18.8. The number of piperidine rings is 1. The van der Waals surface area contributed by atoms with E-state index in [0.717, 1.165) is 50.9 Å². The van der Waals surface area contributed by atoms with Crippen molar-refractivity contribution in [3.63, 3.8) is 0 Å². The van der Waals surface area contributed by atoms with Gasteiger partial charge in [-0.1, -0.05) is 30.3 Å². The lowest BCUT2D eigenvalue weighted by Crippen LogP contribution is -2.48. The zero-order valence-corrected chi connectivity index (χ0v) is 18.8. The smallest absolute Gasteiger partial charge is 0.271 e. The lowest BCUT2D eigenvalue weighted by Gasteiger charge is -2.38. The first kappa shape index (κ1) is 22.8. The highest BCUT2D eigenvalue weighted by Crippen LogP contribution is 2.39. The maximum atomic E-state index is 12.8. The third-order valence-electron chi connectivity index (χ3n) is 7.24. The van der Waals surface area contributed by atoms with E-state index in [-0.39, 0.29) is 23.5 Å². The van der Waals surface area contributed by atoms with Gasteiger partial charge in [0.1, 0.15) is 5.69 Å². The topological polar surface area (TPSA) is 98.6 Å². The second kappa shape index (κ2) is 10.1. The summed E-state index contributed by atoms with van der Waals surface area (Å²) < 4.78 is 0. The Hall–Kier alpha value is -2.35. The van der Waals surface area contributed by atoms with E-state index in [1.54, 1.807) is 6.20 Å². The van der Waals surface area contributed by atoms with Gasteiger partial charge in [0, 0.05) is 37.3 Å². The monoisotopic (exact) mass is 438 g/mol. The fraction of sp³-hybridized carbons (Fsp3) is 0.560. The van der Waals surface area contributed by atoms with Crippen LogP contribution in [-0.2, 0) is 5.41 Å². The minimum absolute atomic E-state index is 0.0896. The van der Waals surface area contributed by atoms with Crippen LogP contribution in [0.25, 0.3) is 0 Å². The summed E-state index contributed by atoms with van der Waals surface area (Å²) in [5.41, 5.74) is 2.03. The van der Waals surface area contributed by atoms with E-state index in [4.69, 9.17) is 0 Å². The third-order valence-corrected chi connectivity index (χ3v) is 7.24. The molecule has 7 nitrogen and oxygen atoms in total. The largest absolute Gasteiger partial charge is 0.393 e. The molecule has 7 heteroatoms. The number of amides is 1. The lowest BCUT2D eigenvalue weighted by atomic mass is 9.74. The van der Waals surface area contributed by atoms with Gasteiger partial charge in [0.05, 0.1) is 24.1 Å². The minimum Gasteiger partial charge on any atom is -0.393 e. The first-order chi connectivity index (χ1) is 15.5. The van der Waals surface area contributed by atoms with Crippen LogP contribution in [0.5, 0.6) is 0 Å². The molecule has 2 aliphatic rings. The summed E-state index contributed by atoms with van der Waals surface area (Å²) in [6, 6.07) is 10.4. The molecule has 0 bridgehead atoms. The van der Waals surface area contributed by atoms with Crippen molar-refractivity contribution in [2.75, 3.05) is 19.6 Å². The molecule has 2 heterocycles. The number of benzene rings is 1. The standard InChI is InChI=1S/C25H34N4O3/c1-18-15-27-21(16-26-18)24(32)28-17-25(19-5-3-2-4-6-19)11-7-22(23(31)8-12-25)29-13-9-20(30)10-14-29/h2-6,15-16,20,22-23,30-31H,7-14,17H2,1H3,(H,28,32)/t22-,23-,25-/m0/s1. The molecule has 32 heavy (non-hydrogen) atoms. The molecule has 1 saturated heterocycles. The van der Waals surface area contributed by atoms with E-state index < -0.39 is 6.10 Å². The predicted octanol–water partition coefficient (Wildman–Crippen LogP) is 2.21. The second-order valence-corrected chi connectivity index (χ2v) is 9.35. The number of carbonyl (C=O) groups is 1. The maximum Gasteiger partial charge on any atom is 0.271 e. The summed E-state index contributed by atoms with van der Waals surface area (Å²) in [5, 5.41) is 24.0. The van der Waals surface area contributed by atoms with E-state index in [1.807, 2.05) is 25.1 Å². The Kier molecular flexibility index (Phi) is 7.18. The number of hydrogen-bond acceptors (Lipinski definition) is 6. The van der Waals surface area contributed by atoms with Crippen LogP contribution in [0.1, 0.15) is 60.3 Å². The molecular weight excluding hydrogens is 404 g/mol. The normalized spacial score (nSPS) is 27.6. The molecule has 1 aromatic heterocycles. The van der Waals surface area contributed by atoms with Gasteiger partial charge in [0.2, 0.25) is 0 Å². The molecule has 172 valence electrons. The number of nitrogens with zero attached hydrogens (tertiary/aromatic N) is 3. The first-order valence-electron chi connectivity index (χ1n) is 11.7. The predicted molar refractivity (Wildman–Crippen MR) is 122 cm³/mol. The SMILES string of the molecule is Cc1cnc(C(=O)NC[C@@]2(c3ccccc3)CC[C@H](O)[C@@H](N3CCC(O)CC3)CC2)cn1. The number of rotatable bonds is 5. The quantitative estimate of drug-likeness (QED) is 0.619. The van der Waals surface area contributed by atoms with Crippen molar-refractivity contribution < 1.29 is 15.0 Å². The second-order valence-electron chi connectivity index (χ2n) is 9.35. The van der Waals surface area contributed by atoms with E-state index in [2.05, 4.69) is 32.3 Å². The summed E-state index contributed by atoms with van der Waals surface area (Å²) in [5.74, 6) is -0.223. The van der Waals surface area contributed by atoms with Gasteiger partial charge in [-0.2, -0.15) is 0 Å². The van der Waals surface area contributed by atoms with Crippen LogP contribution in [-0.4, -0.2) is 68.9 Å². The molecule has 1 saturated carbocycles. The van der Waals surface area contributed by atoms with Gasteiger partial charge >= 0.3 is 0 Å². The van der Waals surface area contributed by atoms with Crippen LogP contribution in [0.2, 0.25) is 0 Å². The Labute approximate surface area is 189 Å². The van der Waals surface area contributed by atoms with Gasteiger partial charge in [-0.3, -0.25) is 14.7 Å². The fourth-order valence-electron chi connectivity index (χ4n) is 5.21. The van der Waals surface area contributed by atoms with Crippen LogP contribution in [0.3, 0.4) is 0 Å². The van der Waals surface area contributed by atoms with Gasteiger partial charge in [0.25, 0.3) is 5.91 Å². The molecule has 1 aliphatic heterocycles. The summed E-state index contributed by atoms with van der Waals surface area (Å²) in [7, 11) is 0. The van der Waals surface area contributed by atoms with Crippen LogP contribution in [0, 0.1) is 6.92 Å². The van der Waals surface area contributed by atoms with E-state index in [0.29, 0.717) is 18.7 Å². The van der Waals surface area contributed by atoms with Crippen molar-refractivity contribution >= 4 is 5.91 Å². The molecule has 1 aromatic carbocycles. The lowest BCUT2D eigenvalue weighted by molar-refractivity contribution is 0.00482. The molecule has 3 N–H and O–H groups in total. The van der Waals surface area contributed by atoms with Gasteiger partial charge in [-0.05, 0) is 51.0 Å². The highest BCUT2D eigenvalue weighted by molar-refractivity contribution is 5.91. The van der Waals surface area contributed by atoms with Crippen molar-refractivity contribution in [1.29, 1.82) is 0 Å². The number of aryl methyl sites for hydroxylation is 1. The van der Waals surface area contributed by atoms with E-state index >= 15 is 0 Å². The van der Waals surface area contributed by atoms with Crippen LogP contribution >= 0.6 is 0 Å². The summed E-state index contributed by atoms with van der Waals surface area (Å²) in [4.78, 5) is 23.5. The van der Waals surface area contributed by atoms with Crippen molar-refractivity contribution in [2.45, 2.75) is 69.1 Å². The van der Waals surface area contributed by atoms with Crippen LogP contribution in [0.15, 0.2) is 42.7 Å². The van der Waals surface area contributed by atoms with Crippen molar-refractivity contribution in [3.8, 4) is 0 Å². The Morgan fingerprint density at radius 2 is 1.78 bits per heavy atom. The molecule has 0 spiro atoms. The van der Waals surface area contributed by atoms with Gasteiger partial charge in [-0.25, -0.2) is 4.98 Å². The first-order valence-corrected chi connectivity index (χ1v) is 11.7. The minimum atomic E-state index is -0.408. The van der Waals surface area contributed by atoms with Gasteiger partial charge < -0.3 is 15.5 Å². The number of aromatic nitrogens is 2. The van der Waals surface area contributed by atoms with Crippen molar-refractivity contribution in [1.82, 2.24) is 20.2 Å². The summed E-state index contributed by atoms with van der Waals surface area (Å²) in [6.07, 6.45) is 7.21. The fourth-order valence-corrected chi connectivity index (χ4v) is 5.21. The number of carbonyl (C=O) groups excluding carboxylic acids is 1. The summed E-state index contributed by atoms with van der Waals surface area (Å²) >= 11 is 0. The third kappa shape index (κ3) is 5.17. The number of hydrogen-bond donors (Lipinski definition) is 3. The molecule has 2 aromatic rings. The number of likely N-dealkylation sites (tertiary alicyclic amines) is 1. The number of aliphatic hydroxyl groups is 2. The van der Waals surface area contributed by atoms with Crippen LogP contribution in [0.4, 0.5) is 0 Å². The molecule has 0 unspecified atom stereocenters. The Morgan fingerprint density at radius 1 is 1.06 bits per heavy atom. The number of aliphatic hydroxyl groups excluding tert-OH is 2. The molecule has 1 aliphatic carbocycles. The maximum absolute atomic E-state index is 12.8. The van der Waals surface area contributed by atoms with Crippen LogP contribution < -0.4 is 5.32 Å². The molecule has 0 radical (unpaired) electrons. The molecule has 4 rings (SSSR count). The molecular formula is C25H34N4O3. The Bertz CT molecular complexity index is 884. The molecule has 1 amide bonds. The average molecular weight is 439 g/mol. The van der Waals surface area contributed by atoms with Gasteiger partial charge in [0.15, 0.2) is 0 Å². The average Bonchev–Trinajstić information content (AvgIpc) is 2.99. The summed E-state index contributed by atoms with van der Waals surface area (Å²) in [6.45, 7) is 3.98. The van der Waals surface area contributed by atoms with E-state index in [9.17, 15) is 15.0 Å². The Balaban J connectivity index is 1.51. The van der Waals surface area contributed by atoms with Crippen molar-refractivity contribution in [3.05, 3.63) is 59.7 Å². The highest BCUT2D eigenvalue weighted by Gasteiger charge is 2.40. The highest BCUT2D eigenvalue weighted by atomic mass is 16.3. The van der Waals surface area contributed by atoms with E-state index in [1.165, 1.54) is 11.8 Å².